The van der Waals surface area contributed by atoms with Crippen molar-refractivity contribution in [3.63, 3.8) is 0 Å². The van der Waals surface area contributed by atoms with E-state index in [4.69, 9.17) is 4.74 Å². The van der Waals surface area contributed by atoms with Crippen molar-refractivity contribution in [3.8, 4) is 5.69 Å². The van der Waals surface area contributed by atoms with Crippen molar-refractivity contribution < 1.29 is 22.3 Å². The van der Waals surface area contributed by atoms with Gasteiger partial charge in [0.15, 0.2) is 5.16 Å². The van der Waals surface area contributed by atoms with Crippen molar-refractivity contribution in [2.24, 2.45) is 0 Å². The van der Waals surface area contributed by atoms with Crippen LogP contribution in [0.3, 0.4) is 0 Å². The molecule has 1 saturated heterocycles. The smallest absolute Gasteiger partial charge is 0.266 e. The van der Waals surface area contributed by atoms with Crippen molar-refractivity contribution in [1.29, 1.82) is 0 Å². The number of rotatable bonds is 7. The van der Waals surface area contributed by atoms with Crippen LogP contribution in [0.5, 0.6) is 0 Å². The Hall–Kier alpha value is -3.58. The number of morpholine rings is 1. The van der Waals surface area contributed by atoms with E-state index in [0.29, 0.717) is 42.9 Å². The third-order valence-electron chi connectivity index (χ3n) is 5.92. The number of nitrogens with one attached hydrogen (secondary N) is 1. The molecule has 0 spiro atoms. The topological polar surface area (TPSA) is 111 Å². The summed E-state index contributed by atoms with van der Waals surface area (Å²) in [7, 11) is -3.65. The van der Waals surface area contributed by atoms with Crippen molar-refractivity contribution in [2.75, 3.05) is 37.4 Å². The normalized spacial score (nSPS) is 14.4. The molecule has 1 aliphatic rings. The zero-order valence-corrected chi connectivity index (χ0v) is 21.7. The molecule has 38 heavy (non-hydrogen) atoms. The molecule has 9 nitrogen and oxygen atoms in total. The van der Waals surface area contributed by atoms with Gasteiger partial charge >= 0.3 is 0 Å². The van der Waals surface area contributed by atoms with Gasteiger partial charge in [0.25, 0.3) is 5.56 Å². The summed E-state index contributed by atoms with van der Waals surface area (Å²) >= 11 is 0.992. The van der Waals surface area contributed by atoms with Crippen LogP contribution < -0.4 is 10.9 Å². The predicted molar refractivity (Wildman–Crippen MR) is 143 cm³/mol. The highest BCUT2D eigenvalue weighted by molar-refractivity contribution is 7.99. The molecule has 2 heterocycles. The van der Waals surface area contributed by atoms with Crippen LogP contribution in [0.25, 0.3) is 16.6 Å². The summed E-state index contributed by atoms with van der Waals surface area (Å²) in [5, 5.41) is 3.21. The van der Waals surface area contributed by atoms with Gasteiger partial charge in [-0.2, -0.15) is 4.31 Å². The number of hydrogen-bond donors (Lipinski definition) is 1. The lowest BCUT2D eigenvalue weighted by Gasteiger charge is -2.26. The number of carbonyl (C=O) groups is 1. The van der Waals surface area contributed by atoms with Crippen LogP contribution in [0.1, 0.15) is 0 Å². The SMILES string of the molecule is O=C(CSc1nc2ccccc2c(=O)n1-c1ccccc1F)Nc1ccc(S(=O)(=O)N2CCOCC2)cc1. The van der Waals surface area contributed by atoms with Crippen LogP contribution in [0, 0.1) is 5.82 Å². The summed E-state index contributed by atoms with van der Waals surface area (Å²) in [6, 6.07) is 18.5. The van der Waals surface area contributed by atoms with Gasteiger partial charge < -0.3 is 10.1 Å². The number of fused-ring (bicyclic) bond motifs is 1. The Morgan fingerprint density at radius 1 is 1.00 bits per heavy atom. The lowest BCUT2D eigenvalue weighted by atomic mass is 10.2. The molecule has 4 aromatic rings. The molecule has 1 aliphatic heterocycles. The van der Waals surface area contributed by atoms with Crippen molar-refractivity contribution in [2.45, 2.75) is 10.1 Å². The number of hydrogen-bond acceptors (Lipinski definition) is 7. The summed E-state index contributed by atoms with van der Waals surface area (Å²) in [4.78, 5) is 30.6. The number of ether oxygens (including phenoxy) is 1. The molecule has 3 aromatic carbocycles. The number of nitrogens with zero attached hydrogens (tertiary/aromatic N) is 3. The van der Waals surface area contributed by atoms with Crippen LogP contribution in [-0.2, 0) is 19.6 Å². The standard InChI is InChI=1S/C26H23FN4O5S2/c27-21-6-2-4-8-23(21)31-25(33)20-5-1-3-7-22(20)29-26(31)37-17-24(32)28-18-9-11-19(12-10-18)38(34,35)30-13-15-36-16-14-30/h1-12H,13-17H2,(H,28,32). The molecule has 0 radical (unpaired) electrons. The molecule has 0 unspecified atom stereocenters. The molecule has 0 saturated carbocycles. The Labute approximate surface area is 222 Å². The lowest BCUT2D eigenvalue weighted by molar-refractivity contribution is -0.113. The van der Waals surface area contributed by atoms with E-state index in [9.17, 15) is 22.4 Å². The van der Waals surface area contributed by atoms with E-state index >= 15 is 0 Å². The highest BCUT2D eigenvalue weighted by Crippen LogP contribution is 2.24. The maximum atomic E-state index is 14.6. The third kappa shape index (κ3) is 5.34. The van der Waals surface area contributed by atoms with E-state index in [1.807, 2.05) is 0 Å². The van der Waals surface area contributed by atoms with Crippen LogP contribution >= 0.6 is 11.8 Å². The molecule has 0 atom stereocenters. The largest absolute Gasteiger partial charge is 0.379 e. The second-order valence-electron chi connectivity index (χ2n) is 8.38. The summed E-state index contributed by atoms with van der Waals surface area (Å²) in [5.74, 6) is -1.11. The molecule has 1 aromatic heterocycles. The van der Waals surface area contributed by atoms with Gasteiger partial charge in [-0.25, -0.2) is 17.8 Å². The van der Waals surface area contributed by atoms with Crippen molar-refractivity contribution in [3.05, 3.63) is 89.0 Å². The minimum absolute atomic E-state index is 0.0377. The van der Waals surface area contributed by atoms with Gasteiger partial charge in [0.05, 0.1) is 40.5 Å². The van der Waals surface area contributed by atoms with Gasteiger partial charge in [-0.05, 0) is 48.5 Å². The number of carbonyl (C=O) groups excluding carboxylic acids is 1. The first-order valence-electron chi connectivity index (χ1n) is 11.7. The van der Waals surface area contributed by atoms with Gasteiger partial charge in [-0.15, -0.1) is 0 Å². The predicted octanol–water partition coefficient (Wildman–Crippen LogP) is 3.28. The fourth-order valence-electron chi connectivity index (χ4n) is 4.03. The quantitative estimate of drug-likeness (QED) is 0.276. The average molecular weight is 555 g/mol. The van der Waals surface area contributed by atoms with Crippen LogP contribution in [0.4, 0.5) is 10.1 Å². The maximum Gasteiger partial charge on any atom is 0.266 e. The van der Waals surface area contributed by atoms with Gasteiger partial charge in [-0.3, -0.25) is 14.2 Å². The number of anilines is 1. The number of benzene rings is 3. The summed E-state index contributed by atoms with van der Waals surface area (Å²) < 4.78 is 48.0. The van der Waals surface area contributed by atoms with E-state index in [0.717, 1.165) is 11.8 Å². The molecule has 196 valence electrons. The Kier molecular flexibility index (Phi) is 7.56. The van der Waals surface area contributed by atoms with Gasteiger partial charge in [0.2, 0.25) is 15.9 Å². The number of para-hydroxylation sites is 2. The first kappa shape index (κ1) is 26.0. The molecule has 1 N–H and O–H groups in total. The van der Waals surface area contributed by atoms with Gasteiger partial charge in [0, 0.05) is 18.8 Å². The molecule has 1 fully saturated rings. The fraction of sp³-hybridized carbons (Fsp3) is 0.192. The third-order valence-corrected chi connectivity index (χ3v) is 8.77. The fourth-order valence-corrected chi connectivity index (χ4v) is 6.24. The average Bonchev–Trinajstić information content (AvgIpc) is 2.93. The number of thioether (sulfide) groups is 1. The van der Waals surface area contributed by atoms with E-state index < -0.39 is 27.3 Å². The number of halogens is 1. The van der Waals surface area contributed by atoms with Gasteiger partial charge in [-0.1, -0.05) is 36.0 Å². The van der Waals surface area contributed by atoms with Crippen LogP contribution in [-0.4, -0.2) is 60.2 Å². The first-order chi connectivity index (χ1) is 18.3. The van der Waals surface area contributed by atoms with Crippen LogP contribution in [0.15, 0.2) is 87.6 Å². The zero-order chi connectivity index (χ0) is 26.7. The molecule has 12 heteroatoms. The second-order valence-corrected chi connectivity index (χ2v) is 11.3. The first-order valence-corrected chi connectivity index (χ1v) is 14.1. The van der Waals surface area contributed by atoms with Crippen LogP contribution in [0.2, 0.25) is 0 Å². The monoisotopic (exact) mass is 554 g/mol. The Morgan fingerprint density at radius 2 is 1.68 bits per heavy atom. The molecule has 0 aliphatic carbocycles. The molecule has 1 amide bonds. The Morgan fingerprint density at radius 3 is 2.42 bits per heavy atom. The highest BCUT2D eigenvalue weighted by atomic mass is 32.2. The maximum absolute atomic E-state index is 14.6. The zero-order valence-electron chi connectivity index (χ0n) is 20.0. The summed E-state index contributed by atoms with van der Waals surface area (Å²) in [6.07, 6.45) is 0. The van der Waals surface area contributed by atoms with E-state index in [2.05, 4.69) is 10.3 Å². The number of sulfonamides is 1. The molecule has 5 rings (SSSR count). The minimum Gasteiger partial charge on any atom is -0.379 e. The van der Waals surface area contributed by atoms with Gasteiger partial charge in [0.1, 0.15) is 5.82 Å². The van der Waals surface area contributed by atoms with E-state index in [1.54, 1.807) is 30.3 Å². The van der Waals surface area contributed by atoms with Crippen molar-refractivity contribution in [1.82, 2.24) is 13.9 Å². The molecular weight excluding hydrogens is 531 g/mol. The Balaban J connectivity index is 1.34. The minimum atomic E-state index is -3.65. The highest BCUT2D eigenvalue weighted by Gasteiger charge is 2.26. The van der Waals surface area contributed by atoms with E-state index in [-0.39, 0.29) is 21.5 Å². The van der Waals surface area contributed by atoms with E-state index in [1.165, 1.54) is 51.3 Å². The second kappa shape index (κ2) is 11.0. The number of amides is 1. The molecule has 0 bridgehead atoms. The Bertz CT molecular complexity index is 1650. The summed E-state index contributed by atoms with van der Waals surface area (Å²) in [6.45, 7) is 1.28. The van der Waals surface area contributed by atoms with Crippen molar-refractivity contribution >= 4 is 44.3 Å². The summed E-state index contributed by atoms with van der Waals surface area (Å²) in [5.41, 5.74) is 0.441. The number of aromatic nitrogens is 2. The lowest BCUT2D eigenvalue weighted by Crippen LogP contribution is -2.40. The molecular formula is C26H23FN4O5S2.